The van der Waals surface area contributed by atoms with Gasteiger partial charge in [-0.2, -0.15) is 5.26 Å². The molecular weight excluding hydrogens is 252 g/mol. The molecule has 18 heavy (non-hydrogen) atoms. The first kappa shape index (κ1) is 14.3. The third-order valence-electron chi connectivity index (χ3n) is 2.59. The van der Waals surface area contributed by atoms with Gasteiger partial charge in [-0.25, -0.2) is 0 Å². The molecule has 1 aromatic rings. The topological polar surface area (TPSA) is 73.1 Å². The van der Waals surface area contributed by atoms with Crippen LogP contribution in [0.4, 0.5) is 5.69 Å². The van der Waals surface area contributed by atoms with E-state index in [4.69, 9.17) is 22.0 Å². The predicted molar refractivity (Wildman–Crippen MR) is 70.7 cm³/mol. The van der Waals surface area contributed by atoms with E-state index >= 15 is 0 Å². The molecule has 0 bridgehead atoms. The van der Waals surface area contributed by atoms with E-state index < -0.39 is 5.97 Å². The average Bonchev–Trinajstić information content (AvgIpc) is 2.34. The highest BCUT2D eigenvalue weighted by Crippen LogP contribution is 2.23. The number of rotatable bonds is 6. The van der Waals surface area contributed by atoms with Gasteiger partial charge in [0, 0.05) is 13.0 Å². The molecule has 0 spiro atoms. The summed E-state index contributed by atoms with van der Waals surface area (Å²) in [7, 11) is 0. The molecule has 1 rings (SSSR count). The van der Waals surface area contributed by atoms with Gasteiger partial charge in [-0.15, -0.1) is 0 Å². The molecule has 1 aromatic carbocycles. The van der Waals surface area contributed by atoms with Crippen LogP contribution >= 0.6 is 11.6 Å². The molecule has 0 aliphatic carbocycles. The van der Waals surface area contributed by atoms with E-state index in [0.29, 0.717) is 23.6 Å². The Morgan fingerprint density at radius 2 is 2.33 bits per heavy atom. The molecular formula is C13H15ClN2O2. The van der Waals surface area contributed by atoms with E-state index in [-0.39, 0.29) is 12.3 Å². The van der Waals surface area contributed by atoms with Crippen molar-refractivity contribution in [2.45, 2.75) is 19.8 Å². The lowest BCUT2D eigenvalue weighted by Gasteiger charge is -2.13. The fourth-order valence-corrected chi connectivity index (χ4v) is 1.73. The molecule has 1 atom stereocenters. The van der Waals surface area contributed by atoms with E-state index in [2.05, 4.69) is 5.32 Å². The number of halogens is 1. The monoisotopic (exact) mass is 266 g/mol. The van der Waals surface area contributed by atoms with Crippen molar-refractivity contribution in [3.05, 3.63) is 28.8 Å². The molecule has 0 saturated heterocycles. The van der Waals surface area contributed by atoms with Gasteiger partial charge >= 0.3 is 5.97 Å². The summed E-state index contributed by atoms with van der Waals surface area (Å²) in [6, 6.07) is 7.06. The molecule has 0 saturated carbocycles. The number of aliphatic carboxylic acids is 1. The molecule has 0 aliphatic heterocycles. The number of carbonyl (C=O) groups is 1. The summed E-state index contributed by atoms with van der Waals surface area (Å²) in [6.07, 6.45) is 0.792. The number of nitrogens with zero attached hydrogens (tertiary/aromatic N) is 1. The molecule has 1 unspecified atom stereocenters. The number of benzene rings is 1. The van der Waals surface area contributed by atoms with Crippen LogP contribution in [0, 0.1) is 17.2 Å². The van der Waals surface area contributed by atoms with E-state index in [9.17, 15) is 4.79 Å². The SMILES string of the molecule is CC(CCC(=O)O)CNc1ccc(C#N)cc1Cl. The third kappa shape index (κ3) is 4.64. The fraction of sp³-hybridized carbons (Fsp3) is 0.385. The third-order valence-corrected chi connectivity index (χ3v) is 2.90. The number of hydrogen-bond donors (Lipinski definition) is 2. The van der Waals surface area contributed by atoms with Gasteiger partial charge < -0.3 is 10.4 Å². The maximum absolute atomic E-state index is 10.4. The lowest BCUT2D eigenvalue weighted by Crippen LogP contribution is -2.13. The number of carboxylic acids is 1. The fourth-order valence-electron chi connectivity index (χ4n) is 1.48. The van der Waals surface area contributed by atoms with Gasteiger partial charge in [0.25, 0.3) is 0 Å². The summed E-state index contributed by atoms with van der Waals surface area (Å²) in [5, 5.41) is 20.9. The Bertz CT molecular complexity index is 469. The van der Waals surface area contributed by atoms with Gasteiger partial charge in [0.15, 0.2) is 0 Å². The van der Waals surface area contributed by atoms with Gasteiger partial charge in [0.1, 0.15) is 0 Å². The highest BCUT2D eigenvalue weighted by Gasteiger charge is 2.07. The molecule has 96 valence electrons. The van der Waals surface area contributed by atoms with Crippen molar-refractivity contribution in [1.29, 1.82) is 5.26 Å². The minimum absolute atomic E-state index is 0.171. The second-order valence-electron chi connectivity index (χ2n) is 4.22. The lowest BCUT2D eigenvalue weighted by molar-refractivity contribution is -0.137. The molecule has 2 N–H and O–H groups in total. The summed E-state index contributed by atoms with van der Waals surface area (Å²) in [5.74, 6) is -0.536. The van der Waals surface area contributed by atoms with Crippen molar-refractivity contribution < 1.29 is 9.90 Å². The number of anilines is 1. The van der Waals surface area contributed by atoms with Crippen molar-refractivity contribution in [2.75, 3.05) is 11.9 Å². The van der Waals surface area contributed by atoms with E-state index in [0.717, 1.165) is 5.69 Å². The summed E-state index contributed by atoms with van der Waals surface area (Å²) >= 11 is 6.01. The maximum Gasteiger partial charge on any atom is 0.303 e. The highest BCUT2D eigenvalue weighted by molar-refractivity contribution is 6.33. The number of nitrogens with one attached hydrogen (secondary N) is 1. The van der Waals surface area contributed by atoms with Crippen molar-refractivity contribution in [2.24, 2.45) is 5.92 Å². The second-order valence-corrected chi connectivity index (χ2v) is 4.63. The van der Waals surface area contributed by atoms with Gasteiger partial charge in [-0.1, -0.05) is 18.5 Å². The lowest BCUT2D eigenvalue weighted by atomic mass is 10.1. The predicted octanol–water partition coefficient (Wildman–Crippen LogP) is 3.12. The van der Waals surface area contributed by atoms with Crippen LogP contribution in [0.5, 0.6) is 0 Å². The largest absolute Gasteiger partial charge is 0.481 e. The summed E-state index contributed by atoms with van der Waals surface area (Å²) < 4.78 is 0. The molecule has 0 heterocycles. The van der Waals surface area contributed by atoms with Gasteiger partial charge in [-0.3, -0.25) is 4.79 Å². The zero-order valence-electron chi connectivity index (χ0n) is 10.1. The summed E-state index contributed by atoms with van der Waals surface area (Å²) in [5.41, 5.74) is 1.28. The summed E-state index contributed by atoms with van der Waals surface area (Å²) in [4.78, 5) is 10.4. The van der Waals surface area contributed by atoms with Gasteiger partial charge in [-0.05, 0) is 30.5 Å². The van der Waals surface area contributed by atoms with Crippen LogP contribution in [0.15, 0.2) is 18.2 Å². The van der Waals surface area contributed by atoms with E-state index in [1.807, 2.05) is 13.0 Å². The maximum atomic E-state index is 10.4. The molecule has 0 fully saturated rings. The second kappa shape index (κ2) is 6.87. The number of carboxylic acid groups (broad SMARTS) is 1. The zero-order chi connectivity index (χ0) is 13.5. The van der Waals surface area contributed by atoms with Crippen LogP contribution in [-0.4, -0.2) is 17.6 Å². The molecule has 5 heteroatoms. The van der Waals surface area contributed by atoms with Crippen LogP contribution in [0.2, 0.25) is 5.02 Å². The Balaban J connectivity index is 2.48. The minimum Gasteiger partial charge on any atom is -0.481 e. The quantitative estimate of drug-likeness (QED) is 0.830. The Morgan fingerprint density at radius 3 is 2.89 bits per heavy atom. The van der Waals surface area contributed by atoms with Crippen LogP contribution in [-0.2, 0) is 4.79 Å². The Labute approximate surface area is 111 Å². The van der Waals surface area contributed by atoms with Crippen LogP contribution in [0.25, 0.3) is 0 Å². The van der Waals surface area contributed by atoms with E-state index in [1.165, 1.54) is 0 Å². The van der Waals surface area contributed by atoms with Crippen LogP contribution in [0.1, 0.15) is 25.3 Å². The highest BCUT2D eigenvalue weighted by atomic mass is 35.5. The van der Waals surface area contributed by atoms with E-state index in [1.54, 1.807) is 18.2 Å². The number of nitriles is 1. The minimum atomic E-state index is -0.779. The van der Waals surface area contributed by atoms with Gasteiger partial charge in [0.2, 0.25) is 0 Å². The first-order valence-corrected chi connectivity index (χ1v) is 6.06. The molecule has 0 amide bonds. The first-order valence-electron chi connectivity index (χ1n) is 5.68. The Hall–Kier alpha value is -1.73. The van der Waals surface area contributed by atoms with Gasteiger partial charge in [0.05, 0.1) is 22.3 Å². The van der Waals surface area contributed by atoms with Crippen molar-refractivity contribution in [3.63, 3.8) is 0 Å². The Morgan fingerprint density at radius 1 is 1.61 bits per heavy atom. The summed E-state index contributed by atoms with van der Waals surface area (Å²) in [6.45, 7) is 2.63. The standard InChI is InChI=1S/C13H15ClN2O2/c1-9(2-5-13(17)18)8-16-12-4-3-10(7-15)6-11(12)14/h3-4,6,9,16H,2,5,8H2,1H3,(H,17,18). The van der Waals surface area contributed by atoms with Crippen molar-refractivity contribution in [3.8, 4) is 6.07 Å². The molecule has 4 nitrogen and oxygen atoms in total. The molecule has 0 radical (unpaired) electrons. The van der Waals surface area contributed by atoms with Crippen molar-refractivity contribution >= 4 is 23.3 Å². The zero-order valence-corrected chi connectivity index (χ0v) is 10.9. The normalized spacial score (nSPS) is 11.6. The average molecular weight is 267 g/mol. The van der Waals surface area contributed by atoms with Crippen LogP contribution < -0.4 is 5.32 Å². The Kier molecular flexibility index (Phi) is 5.47. The smallest absolute Gasteiger partial charge is 0.303 e. The number of hydrogen-bond acceptors (Lipinski definition) is 3. The molecule has 0 aliphatic rings. The molecule has 0 aromatic heterocycles. The van der Waals surface area contributed by atoms with Crippen molar-refractivity contribution in [1.82, 2.24) is 0 Å². The van der Waals surface area contributed by atoms with Crippen LogP contribution in [0.3, 0.4) is 0 Å². The first-order chi connectivity index (χ1) is 8.52.